The van der Waals surface area contributed by atoms with Gasteiger partial charge in [0, 0.05) is 37.2 Å². The van der Waals surface area contributed by atoms with Crippen molar-refractivity contribution in [1.29, 1.82) is 0 Å². The number of hydrogen-bond donors (Lipinski definition) is 2. The molecule has 1 aliphatic carbocycles. The number of carbonyl (C=O) groups excluding carboxylic acids is 2. The van der Waals surface area contributed by atoms with Gasteiger partial charge in [-0.15, -0.1) is 0 Å². The predicted octanol–water partition coefficient (Wildman–Crippen LogP) is 3.88. The van der Waals surface area contributed by atoms with E-state index in [0.717, 1.165) is 0 Å². The summed E-state index contributed by atoms with van der Waals surface area (Å²) in [5.74, 6) is -3.25. The Kier molecular flexibility index (Phi) is 7.22. The van der Waals surface area contributed by atoms with Gasteiger partial charge in [0.15, 0.2) is 0 Å². The van der Waals surface area contributed by atoms with E-state index >= 15 is 0 Å². The van der Waals surface area contributed by atoms with E-state index in [4.69, 9.17) is 4.74 Å². The topological polar surface area (TPSA) is 114 Å². The number of benzene rings is 1. The molecule has 1 aromatic carbocycles. The lowest BCUT2D eigenvalue weighted by Crippen LogP contribution is -2.55. The largest absolute Gasteiger partial charge is 0.444 e. The zero-order valence-corrected chi connectivity index (χ0v) is 18.8. The fourth-order valence-electron chi connectivity index (χ4n) is 3.66. The average molecular weight is 490 g/mol. The number of rotatable bonds is 6. The maximum absolute atomic E-state index is 14.7. The minimum absolute atomic E-state index is 0.0590. The molecule has 188 valence electrons. The molecule has 0 unspecified atom stereocenters. The molecule has 1 aromatic rings. The summed E-state index contributed by atoms with van der Waals surface area (Å²) in [4.78, 5) is 36.7. The molecule has 1 saturated carbocycles. The van der Waals surface area contributed by atoms with Gasteiger partial charge in [-0.2, -0.15) is 0 Å². The van der Waals surface area contributed by atoms with Crippen molar-refractivity contribution >= 4 is 23.4 Å². The number of likely N-dealkylation sites (tertiary alicyclic amines) is 1. The van der Waals surface area contributed by atoms with Gasteiger partial charge in [-0.25, -0.2) is 22.4 Å². The highest BCUT2D eigenvalue weighted by Crippen LogP contribution is 2.40. The number of nitro benzene ring substituents is 1. The Hall–Kier alpha value is -3.12. The third kappa shape index (κ3) is 6.06. The summed E-state index contributed by atoms with van der Waals surface area (Å²) in [6.45, 7) is 4.82. The maximum Gasteiger partial charge on any atom is 0.410 e. The van der Waals surface area contributed by atoms with Crippen LogP contribution >= 0.6 is 0 Å². The monoisotopic (exact) mass is 490 g/mol. The number of nitrogens with zero attached hydrogens (tertiary/aromatic N) is 2. The van der Waals surface area contributed by atoms with E-state index < -0.39 is 70.2 Å². The number of alkyl halides is 3. The van der Waals surface area contributed by atoms with Gasteiger partial charge in [0.1, 0.15) is 23.3 Å². The van der Waals surface area contributed by atoms with Gasteiger partial charge in [0.25, 0.3) is 11.6 Å². The number of nitro groups is 1. The van der Waals surface area contributed by atoms with Gasteiger partial charge in [0.2, 0.25) is 6.43 Å². The van der Waals surface area contributed by atoms with Crippen molar-refractivity contribution in [3.05, 3.63) is 33.6 Å². The van der Waals surface area contributed by atoms with Gasteiger partial charge in [0.05, 0.1) is 16.5 Å². The Balaban J connectivity index is 1.73. The molecule has 2 fully saturated rings. The molecule has 4 atom stereocenters. The normalized spacial score (nSPS) is 24.5. The molecule has 2 amide bonds. The van der Waals surface area contributed by atoms with Crippen molar-refractivity contribution in [2.24, 2.45) is 5.92 Å². The summed E-state index contributed by atoms with van der Waals surface area (Å²) >= 11 is 0. The van der Waals surface area contributed by atoms with Crippen molar-refractivity contribution < 1.29 is 36.8 Å². The number of amides is 2. The third-order valence-electron chi connectivity index (χ3n) is 5.53. The highest BCUT2D eigenvalue weighted by molar-refractivity contribution is 5.96. The summed E-state index contributed by atoms with van der Waals surface area (Å²) in [6.07, 6.45) is -4.87. The van der Waals surface area contributed by atoms with Crippen LogP contribution in [0.5, 0.6) is 0 Å². The van der Waals surface area contributed by atoms with Crippen molar-refractivity contribution in [3.8, 4) is 0 Å². The zero-order valence-electron chi connectivity index (χ0n) is 18.8. The highest BCUT2D eigenvalue weighted by Gasteiger charge is 2.45. The second-order valence-electron chi connectivity index (χ2n) is 9.40. The van der Waals surface area contributed by atoms with Crippen LogP contribution in [-0.4, -0.2) is 65.2 Å². The Labute approximate surface area is 193 Å². The number of nitrogens with one attached hydrogen (secondary N) is 2. The molecule has 0 aromatic heterocycles. The summed E-state index contributed by atoms with van der Waals surface area (Å²) < 4.78 is 59.8. The van der Waals surface area contributed by atoms with Crippen LogP contribution in [0.2, 0.25) is 0 Å². The van der Waals surface area contributed by atoms with Crippen LogP contribution in [0, 0.1) is 21.8 Å². The van der Waals surface area contributed by atoms with Gasteiger partial charge >= 0.3 is 6.09 Å². The Morgan fingerprint density at radius 2 is 1.94 bits per heavy atom. The molecule has 13 heteroatoms. The SMILES string of the molecule is CC(C)(C)OC(=O)N1CC[C@H](F)[C@@H](NC(=O)c2cc([N+](=O)[O-])c(N[C@H]3C[C@H]3C(F)F)cc2F)C1. The van der Waals surface area contributed by atoms with Gasteiger partial charge in [-0.3, -0.25) is 14.9 Å². The van der Waals surface area contributed by atoms with E-state index in [1.165, 1.54) is 4.90 Å². The number of carbonyl (C=O) groups is 2. The molecule has 2 aliphatic rings. The second kappa shape index (κ2) is 9.63. The molecule has 1 heterocycles. The van der Waals surface area contributed by atoms with Gasteiger partial charge < -0.3 is 20.3 Å². The molecule has 9 nitrogen and oxygen atoms in total. The standard InChI is InChI=1S/C21H26F4N4O5/c1-21(2,3)34-20(31)28-5-4-12(22)16(9-28)27-19(30)10-7-17(29(32)33)15(8-13(10)23)26-14-6-11(14)18(24)25/h7-8,11-12,14,16,18,26H,4-6,9H2,1-3H3,(H,27,30)/t11-,12+,14+,16+/m1/s1. The maximum atomic E-state index is 14.7. The second-order valence-corrected chi connectivity index (χ2v) is 9.40. The lowest BCUT2D eigenvalue weighted by Gasteiger charge is -2.36. The Morgan fingerprint density at radius 1 is 1.26 bits per heavy atom. The van der Waals surface area contributed by atoms with Gasteiger partial charge in [-0.05, 0) is 33.6 Å². The number of halogens is 4. The number of anilines is 1. The Morgan fingerprint density at radius 3 is 2.50 bits per heavy atom. The van der Waals surface area contributed by atoms with Crippen LogP contribution in [0.15, 0.2) is 12.1 Å². The summed E-state index contributed by atoms with van der Waals surface area (Å²) in [6, 6.07) is -0.571. The summed E-state index contributed by atoms with van der Waals surface area (Å²) in [7, 11) is 0. The van der Waals surface area contributed by atoms with E-state index in [-0.39, 0.29) is 31.6 Å². The molecule has 3 rings (SSSR count). The molecular formula is C21H26F4N4O5. The molecule has 1 aliphatic heterocycles. The number of hydrogen-bond acceptors (Lipinski definition) is 6. The molecule has 34 heavy (non-hydrogen) atoms. The van der Waals surface area contributed by atoms with Gasteiger partial charge in [-0.1, -0.05) is 0 Å². The molecule has 0 bridgehead atoms. The fourth-order valence-corrected chi connectivity index (χ4v) is 3.66. The molecular weight excluding hydrogens is 464 g/mol. The van der Waals surface area contributed by atoms with E-state index in [9.17, 15) is 37.3 Å². The third-order valence-corrected chi connectivity index (χ3v) is 5.53. The first-order valence-corrected chi connectivity index (χ1v) is 10.7. The average Bonchev–Trinajstić information content (AvgIpc) is 3.47. The fraction of sp³-hybridized carbons (Fsp3) is 0.619. The molecule has 0 spiro atoms. The zero-order chi connectivity index (χ0) is 25.4. The first-order chi connectivity index (χ1) is 15.8. The first-order valence-electron chi connectivity index (χ1n) is 10.7. The van der Waals surface area contributed by atoms with E-state index in [1.807, 2.05) is 0 Å². The van der Waals surface area contributed by atoms with E-state index in [2.05, 4.69) is 10.6 Å². The minimum Gasteiger partial charge on any atom is -0.444 e. The first kappa shape index (κ1) is 25.5. The van der Waals surface area contributed by atoms with Crippen LogP contribution < -0.4 is 10.6 Å². The molecule has 1 saturated heterocycles. The highest BCUT2D eigenvalue weighted by atomic mass is 19.3. The van der Waals surface area contributed by atoms with Crippen molar-refractivity contribution in [2.45, 2.75) is 63.9 Å². The van der Waals surface area contributed by atoms with Crippen LogP contribution in [0.4, 0.5) is 33.7 Å². The summed E-state index contributed by atoms with van der Waals surface area (Å²) in [5.41, 5.74) is -2.50. The van der Waals surface area contributed by atoms with Crippen LogP contribution in [0.3, 0.4) is 0 Å². The van der Waals surface area contributed by atoms with Crippen LogP contribution in [0.25, 0.3) is 0 Å². The quantitative estimate of drug-likeness (QED) is 0.356. The minimum atomic E-state index is -2.61. The predicted molar refractivity (Wildman–Crippen MR) is 113 cm³/mol. The van der Waals surface area contributed by atoms with Crippen molar-refractivity contribution in [3.63, 3.8) is 0 Å². The van der Waals surface area contributed by atoms with Crippen LogP contribution in [-0.2, 0) is 4.74 Å². The van der Waals surface area contributed by atoms with E-state index in [1.54, 1.807) is 20.8 Å². The van der Waals surface area contributed by atoms with Crippen LogP contribution in [0.1, 0.15) is 44.0 Å². The summed E-state index contributed by atoms with van der Waals surface area (Å²) in [5, 5.41) is 16.3. The van der Waals surface area contributed by atoms with Crippen molar-refractivity contribution in [2.75, 3.05) is 18.4 Å². The lowest BCUT2D eigenvalue weighted by atomic mass is 10.0. The molecule has 0 radical (unpaired) electrons. The lowest BCUT2D eigenvalue weighted by molar-refractivity contribution is -0.384. The smallest absolute Gasteiger partial charge is 0.410 e. The number of piperidine rings is 1. The molecule has 2 N–H and O–H groups in total. The van der Waals surface area contributed by atoms with E-state index in [0.29, 0.717) is 12.1 Å². The Bertz CT molecular complexity index is 971. The number of ether oxygens (including phenoxy) is 1. The van der Waals surface area contributed by atoms with Crippen molar-refractivity contribution in [1.82, 2.24) is 10.2 Å².